The van der Waals surface area contributed by atoms with E-state index < -0.39 is 0 Å². The van der Waals surface area contributed by atoms with Crippen molar-refractivity contribution in [3.8, 4) is 0 Å². The lowest BCUT2D eigenvalue weighted by Gasteiger charge is -2.27. The first-order chi connectivity index (χ1) is 8.52. The van der Waals surface area contributed by atoms with E-state index in [1.807, 2.05) is 19.1 Å². The molecule has 1 heterocycles. The maximum absolute atomic E-state index is 5.61. The first-order valence-corrected chi connectivity index (χ1v) is 6.50. The fourth-order valence-electron chi connectivity index (χ4n) is 1.85. The lowest BCUT2D eigenvalue weighted by Crippen LogP contribution is -2.44. The third-order valence-electron chi connectivity index (χ3n) is 2.95. The van der Waals surface area contributed by atoms with Crippen molar-refractivity contribution < 1.29 is 9.15 Å². The molecule has 4 heteroatoms. The van der Waals surface area contributed by atoms with E-state index in [1.165, 1.54) is 0 Å². The molecule has 0 amide bonds. The van der Waals surface area contributed by atoms with Gasteiger partial charge in [0.25, 0.3) is 0 Å². The molecule has 0 aromatic carbocycles. The van der Waals surface area contributed by atoms with E-state index in [0.717, 1.165) is 31.2 Å². The van der Waals surface area contributed by atoms with Crippen LogP contribution in [0.4, 0.5) is 0 Å². The van der Waals surface area contributed by atoms with Crippen molar-refractivity contribution in [3.05, 3.63) is 23.7 Å². The van der Waals surface area contributed by atoms with Crippen LogP contribution in [0.25, 0.3) is 0 Å². The van der Waals surface area contributed by atoms with Gasteiger partial charge in [-0.25, -0.2) is 0 Å². The fraction of sp³-hybridized carbons (Fsp3) is 0.714. The topological polar surface area (TPSA) is 37.6 Å². The Bertz CT molecular complexity index is 336. The molecule has 0 radical (unpaired) electrons. The standard InChI is InChI=1S/C14H26N2O2/c1-11(2)15-8-13(10-17-5)16(4)9-14-7-6-12(3)18-14/h6-7,11,13,15H,8-10H2,1-5H3. The molecule has 1 aromatic rings. The summed E-state index contributed by atoms with van der Waals surface area (Å²) in [7, 11) is 3.84. The number of methoxy groups -OCH3 is 1. The molecule has 4 nitrogen and oxygen atoms in total. The average Bonchev–Trinajstić information content (AvgIpc) is 2.69. The molecule has 0 fully saturated rings. The maximum atomic E-state index is 5.61. The SMILES string of the molecule is COCC(CNC(C)C)N(C)Cc1ccc(C)o1. The molecule has 0 aliphatic rings. The Morgan fingerprint density at radius 2 is 2.11 bits per heavy atom. The Labute approximate surface area is 110 Å². The molecule has 1 unspecified atom stereocenters. The predicted octanol–water partition coefficient (Wildman–Crippen LogP) is 2.03. The fourth-order valence-corrected chi connectivity index (χ4v) is 1.85. The Hall–Kier alpha value is -0.840. The van der Waals surface area contributed by atoms with Crippen LogP contribution in [0.1, 0.15) is 25.4 Å². The van der Waals surface area contributed by atoms with Crippen molar-refractivity contribution in [1.29, 1.82) is 0 Å². The molecule has 0 bridgehead atoms. The van der Waals surface area contributed by atoms with Crippen LogP contribution >= 0.6 is 0 Å². The van der Waals surface area contributed by atoms with Crippen LogP contribution in [0.15, 0.2) is 16.5 Å². The molecule has 1 aromatic heterocycles. The Morgan fingerprint density at radius 3 is 2.61 bits per heavy atom. The second-order valence-electron chi connectivity index (χ2n) is 5.10. The van der Waals surface area contributed by atoms with Crippen LogP contribution in [0.3, 0.4) is 0 Å². The third-order valence-corrected chi connectivity index (χ3v) is 2.95. The number of likely N-dealkylation sites (N-methyl/N-ethyl adjacent to an activating group) is 1. The zero-order chi connectivity index (χ0) is 13.5. The van der Waals surface area contributed by atoms with Crippen LogP contribution in [0.5, 0.6) is 0 Å². The van der Waals surface area contributed by atoms with Gasteiger partial charge in [-0.05, 0) is 26.1 Å². The monoisotopic (exact) mass is 254 g/mol. The quantitative estimate of drug-likeness (QED) is 0.770. The number of rotatable bonds is 8. The minimum absolute atomic E-state index is 0.350. The first-order valence-electron chi connectivity index (χ1n) is 6.50. The Kier molecular flexibility index (Phi) is 6.39. The summed E-state index contributed by atoms with van der Waals surface area (Å²) in [5, 5.41) is 3.45. The molecule has 0 aliphatic carbocycles. The van der Waals surface area contributed by atoms with Crippen LogP contribution in [-0.2, 0) is 11.3 Å². The minimum atomic E-state index is 0.350. The molecular weight excluding hydrogens is 228 g/mol. The smallest absolute Gasteiger partial charge is 0.118 e. The number of hydrogen-bond acceptors (Lipinski definition) is 4. The van der Waals surface area contributed by atoms with E-state index in [1.54, 1.807) is 7.11 Å². The van der Waals surface area contributed by atoms with Crippen molar-refractivity contribution in [2.45, 2.75) is 39.4 Å². The summed E-state index contributed by atoms with van der Waals surface area (Å²) in [5.41, 5.74) is 0. The van der Waals surface area contributed by atoms with Gasteiger partial charge in [-0.2, -0.15) is 0 Å². The number of nitrogens with one attached hydrogen (secondary N) is 1. The Balaban J connectivity index is 2.50. The Morgan fingerprint density at radius 1 is 1.39 bits per heavy atom. The molecule has 0 spiro atoms. The summed E-state index contributed by atoms with van der Waals surface area (Å²) in [6.45, 7) is 8.72. The van der Waals surface area contributed by atoms with E-state index in [4.69, 9.17) is 9.15 Å². The lowest BCUT2D eigenvalue weighted by molar-refractivity contribution is 0.0959. The van der Waals surface area contributed by atoms with Crippen LogP contribution in [-0.4, -0.2) is 44.3 Å². The molecule has 1 atom stereocenters. The molecule has 1 rings (SSSR count). The van der Waals surface area contributed by atoms with E-state index >= 15 is 0 Å². The number of ether oxygens (including phenoxy) is 1. The van der Waals surface area contributed by atoms with Crippen molar-refractivity contribution >= 4 is 0 Å². The summed E-state index contributed by atoms with van der Waals surface area (Å²) < 4.78 is 10.9. The summed E-state index contributed by atoms with van der Waals surface area (Å²) in [6.07, 6.45) is 0. The molecular formula is C14H26N2O2. The van der Waals surface area contributed by atoms with Gasteiger partial charge in [0.2, 0.25) is 0 Å². The molecule has 0 saturated carbocycles. The largest absolute Gasteiger partial charge is 0.465 e. The highest BCUT2D eigenvalue weighted by Gasteiger charge is 2.16. The molecule has 104 valence electrons. The first kappa shape index (κ1) is 15.2. The summed E-state index contributed by atoms with van der Waals surface area (Å²) in [6, 6.07) is 4.87. The average molecular weight is 254 g/mol. The van der Waals surface area contributed by atoms with Crippen molar-refractivity contribution in [3.63, 3.8) is 0 Å². The summed E-state index contributed by atoms with van der Waals surface area (Å²) >= 11 is 0. The van der Waals surface area contributed by atoms with Gasteiger partial charge in [0.15, 0.2) is 0 Å². The number of hydrogen-bond donors (Lipinski definition) is 1. The van der Waals surface area contributed by atoms with E-state index in [2.05, 4.69) is 31.1 Å². The van der Waals surface area contributed by atoms with Gasteiger partial charge in [0.05, 0.1) is 13.2 Å². The highest BCUT2D eigenvalue weighted by molar-refractivity contribution is 5.05. The van der Waals surface area contributed by atoms with Gasteiger partial charge >= 0.3 is 0 Å². The lowest BCUT2D eigenvalue weighted by atomic mass is 10.2. The van der Waals surface area contributed by atoms with Crippen molar-refractivity contribution in [2.75, 3.05) is 27.3 Å². The molecule has 18 heavy (non-hydrogen) atoms. The second kappa shape index (κ2) is 7.56. The summed E-state index contributed by atoms with van der Waals surface area (Å²) in [4.78, 5) is 2.26. The van der Waals surface area contributed by atoms with Gasteiger partial charge in [0, 0.05) is 25.7 Å². The third kappa shape index (κ3) is 5.21. The maximum Gasteiger partial charge on any atom is 0.118 e. The van der Waals surface area contributed by atoms with E-state index in [0.29, 0.717) is 12.1 Å². The summed E-state index contributed by atoms with van der Waals surface area (Å²) in [5.74, 6) is 1.96. The number of nitrogens with zero attached hydrogens (tertiary/aromatic N) is 1. The van der Waals surface area contributed by atoms with Crippen LogP contribution < -0.4 is 5.32 Å². The minimum Gasteiger partial charge on any atom is -0.465 e. The zero-order valence-electron chi connectivity index (χ0n) is 12.2. The highest BCUT2D eigenvalue weighted by atomic mass is 16.5. The van der Waals surface area contributed by atoms with E-state index in [9.17, 15) is 0 Å². The predicted molar refractivity (Wildman–Crippen MR) is 73.7 cm³/mol. The molecule has 0 aliphatic heterocycles. The van der Waals surface area contributed by atoms with Crippen molar-refractivity contribution in [1.82, 2.24) is 10.2 Å². The van der Waals surface area contributed by atoms with Crippen molar-refractivity contribution in [2.24, 2.45) is 0 Å². The van der Waals surface area contributed by atoms with Gasteiger partial charge in [-0.15, -0.1) is 0 Å². The van der Waals surface area contributed by atoms with Gasteiger partial charge in [0.1, 0.15) is 11.5 Å². The van der Waals surface area contributed by atoms with Gasteiger partial charge < -0.3 is 14.5 Å². The number of aryl methyl sites for hydroxylation is 1. The van der Waals surface area contributed by atoms with E-state index in [-0.39, 0.29) is 0 Å². The molecule has 0 saturated heterocycles. The van der Waals surface area contributed by atoms with Gasteiger partial charge in [-0.3, -0.25) is 4.90 Å². The molecule has 1 N–H and O–H groups in total. The highest BCUT2D eigenvalue weighted by Crippen LogP contribution is 2.10. The van der Waals surface area contributed by atoms with Gasteiger partial charge in [-0.1, -0.05) is 13.8 Å². The number of furan rings is 1. The van der Waals surface area contributed by atoms with Crippen LogP contribution in [0.2, 0.25) is 0 Å². The second-order valence-corrected chi connectivity index (χ2v) is 5.10. The normalized spacial score (nSPS) is 13.5. The zero-order valence-corrected chi connectivity index (χ0v) is 12.2. The van der Waals surface area contributed by atoms with Crippen LogP contribution in [0, 0.1) is 6.92 Å².